The fourth-order valence-electron chi connectivity index (χ4n) is 2.14. The Kier molecular flexibility index (Phi) is 5.55. The number of carbonyl (C=O) groups excluding carboxylic acids is 1. The van der Waals surface area contributed by atoms with Crippen LogP contribution >= 0.6 is 0 Å². The summed E-state index contributed by atoms with van der Waals surface area (Å²) in [6.45, 7) is 4.42. The first-order valence-electron chi connectivity index (χ1n) is 7.36. The highest BCUT2D eigenvalue weighted by molar-refractivity contribution is 5.94. The number of carbonyl (C=O) groups is 1. The number of aliphatic hydroxyl groups is 1. The molecule has 2 rings (SSSR count). The topological polar surface area (TPSA) is 58.6 Å². The van der Waals surface area contributed by atoms with E-state index in [1.807, 2.05) is 50.2 Å². The Bertz CT molecular complexity index is 625. The first-order valence-corrected chi connectivity index (χ1v) is 7.36. The Morgan fingerprint density at radius 1 is 1.23 bits per heavy atom. The third kappa shape index (κ3) is 4.33. The molecule has 2 aromatic rings. The molecule has 0 saturated heterocycles. The van der Waals surface area contributed by atoms with E-state index in [4.69, 9.17) is 4.74 Å². The smallest absolute Gasteiger partial charge is 0.253 e. The molecule has 0 radical (unpaired) electrons. The number of ether oxygens (including phenoxy) is 1. The Morgan fingerprint density at radius 2 is 1.95 bits per heavy atom. The molecule has 0 bridgehead atoms. The maximum Gasteiger partial charge on any atom is 0.253 e. The fourth-order valence-corrected chi connectivity index (χ4v) is 2.14. The highest BCUT2D eigenvalue weighted by Gasteiger charge is 2.16. The van der Waals surface area contributed by atoms with E-state index >= 15 is 0 Å². The molecule has 2 aromatic carbocycles. The number of nitrogens with one attached hydrogen (secondary N) is 1. The molecule has 0 saturated carbocycles. The monoisotopic (exact) mass is 299 g/mol. The number of aryl methyl sites for hydroxylation is 1. The van der Waals surface area contributed by atoms with Crippen LogP contribution in [0.1, 0.15) is 18.1 Å². The zero-order valence-electron chi connectivity index (χ0n) is 12.9. The molecule has 4 heteroatoms. The first kappa shape index (κ1) is 16.0. The maximum atomic E-state index is 12.1. The molecule has 4 nitrogen and oxygen atoms in total. The number of anilines is 1. The van der Waals surface area contributed by atoms with E-state index in [0.29, 0.717) is 12.3 Å². The van der Waals surface area contributed by atoms with Crippen LogP contribution in [-0.4, -0.2) is 23.7 Å². The molecule has 2 N–H and O–H groups in total. The van der Waals surface area contributed by atoms with Gasteiger partial charge in [0.25, 0.3) is 5.91 Å². The summed E-state index contributed by atoms with van der Waals surface area (Å²) >= 11 is 0. The number of amides is 1. The third-order valence-electron chi connectivity index (χ3n) is 3.33. The molecule has 1 unspecified atom stereocenters. The second-order valence-electron chi connectivity index (χ2n) is 5.11. The van der Waals surface area contributed by atoms with Gasteiger partial charge in [0.15, 0.2) is 0 Å². The Morgan fingerprint density at radius 3 is 2.64 bits per heavy atom. The van der Waals surface area contributed by atoms with Crippen LogP contribution < -0.4 is 10.1 Å². The van der Waals surface area contributed by atoms with Crippen LogP contribution in [0.25, 0.3) is 0 Å². The number of hydrogen-bond acceptors (Lipinski definition) is 3. The molecule has 0 aliphatic heterocycles. The number of aliphatic hydroxyl groups excluding tert-OH is 1. The summed E-state index contributed by atoms with van der Waals surface area (Å²) < 4.78 is 5.50. The molecule has 22 heavy (non-hydrogen) atoms. The third-order valence-corrected chi connectivity index (χ3v) is 3.33. The van der Waals surface area contributed by atoms with Crippen molar-refractivity contribution in [3.8, 4) is 5.75 Å². The zero-order valence-corrected chi connectivity index (χ0v) is 12.9. The van der Waals surface area contributed by atoms with Gasteiger partial charge in [-0.1, -0.05) is 36.4 Å². The summed E-state index contributed by atoms with van der Waals surface area (Å²) in [6.07, 6.45) is -0.795. The van der Waals surface area contributed by atoms with Crippen LogP contribution in [0.5, 0.6) is 5.75 Å². The van der Waals surface area contributed by atoms with Gasteiger partial charge >= 0.3 is 0 Å². The molecule has 116 valence electrons. The summed E-state index contributed by atoms with van der Waals surface area (Å²) in [4.78, 5) is 12.1. The minimum absolute atomic E-state index is 0.289. The predicted molar refractivity (Wildman–Crippen MR) is 87.1 cm³/mol. The van der Waals surface area contributed by atoms with E-state index < -0.39 is 12.0 Å². The van der Waals surface area contributed by atoms with Gasteiger partial charge in [-0.25, -0.2) is 0 Å². The van der Waals surface area contributed by atoms with E-state index in [2.05, 4.69) is 5.32 Å². The van der Waals surface area contributed by atoms with Gasteiger partial charge in [0.2, 0.25) is 0 Å². The van der Waals surface area contributed by atoms with Crippen molar-refractivity contribution in [2.24, 2.45) is 0 Å². The van der Waals surface area contributed by atoms with Gasteiger partial charge in [-0.15, -0.1) is 0 Å². The second-order valence-corrected chi connectivity index (χ2v) is 5.11. The van der Waals surface area contributed by atoms with Crippen LogP contribution in [0.4, 0.5) is 5.69 Å². The zero-order chi connectivity index (χ0) is 15.9. The normalized spacial score (nSPS) is 11.8. The highest BCUT2D eigenvalue weighted by atomic mass is 16.5. The van der Waals surface area contributed by atoms with Gasteiger partial charge in [-0.2, -0.15) is 0 Å². The first-order chi connectivity index (χ1) is 10.6. The van der Waals surface area contributed by atoms with Gasteiger partial charge in [0, 0.05) is 18.2 Å². The van der Waals surface area contributed by atoms with Crippen molar-refractivity contribution in [1.29, 1.82) is 0 Å². The average molecular weight is 299 g/mol. The Hall–Kier alpha value is -2.33. The fraction of sp³-hybridized carbons (Fsp3) is 0.278. The molecule has 0 aliphatic rings. The summed E-state index contributed by atoms with van der Waals surface area (Å²) in [5.74, 6) is 0.313. The van der Waals surface area contributed by atoms with Crippen LogP contribution in [0.2, 0.25) is 0 Å². The molecule has 0 spiro atoms. The molecule has 1 atom stereocenters. The summed E-state index contributed by atoms with van der Waals surface area (Å²) in [7, 11) is 0. The number of benzene rings is 2. The van der Waals surface area contributed by atoms with Gasteiger partial charge in [-0.3, -0.25) is 4.79 Å². The lowest BCUT2D eigenvalue weighted by atomic mass is 10.1. The number of hydrogen-bond donors (Lipinski definition) is 2. The average Bonchev–Trinajstić information content (AvgIpc) is 2.52. The summed E-state index contributed by atoms with van der Waals surface area (Å²) in [5, 5.41) is 12.7. The Balaban J connectivity index is 2.00. The van der Waals surface area contributed by atoms with E-state index in [-0.39, 0.29) is 6.42 Å². The minimum atomic E-state index is -1.08. The molecule has 0 aromatic heterocycles. The molecular weight excluding hydrogens is 278 g/mol. The van der Waals surface area contributed by atoms with Crippen molar-refractivity contribution in [2.75, 3.05) is 11.9 Å². The van der Waals surface area contributed by atoms with Gasteiger partial charge in [0.1, 0.15) is 11.9 Å². The summed E-state index contributed by atoms with van der Waals surface area (Å²) in [6, 6.07) is 14.9. The summed E-state index contributed by atoms with van der Waals surface area (Å²) in [5.41, 5.74) is 2.54. The van der Waals surface area contributed by atoms with E-state index in [1.54, 1.807) is 12.1 Å². The second kappa shape index (κ2) is 7.61. The van der Waals surface area contributed by atoms with Gasteiger partial charge in [-0.05, 0) is 31.0 Å². The van der Waals surface area contributed by atoms with E-state index in [1.165, 1.54) is 0 Å². The maximum absolute atomic E-state index is 12.1. The minimum Gasteiger partial charge on any atom is -0.494 e. The van der Waals surface area contributed by atoms with E-state index in [9.17, 15) is 9.90 Å². The highest BCUT2D eigenvalue weighted by Crippen LogP contribution is 2.22. The molecular formula is C18H21NO3. The van der Waals surface area contributed by atoms with Crippen LogP contribution in [0.15, 0.2) is 48.5 Å². The van der Waals surface area contributed by atoms with Crippen molar-refractivity contribution in [1.82, 2.24) is 0 Å². The lowest BCUT2D eigenvalue weighted by Crippen LogP contribution is -2.29. The van der Waals surface area contributed by atoms with Crippen LogP contribution in [0, 0.1) is 6.92 Å². The molecule has 0 aliphatic carbocycles. The predicted octanol–water partition coefficient (Wildman–Crippen LogP) is 2.94. The molecule has 0 heterocycles. The van der Waals surface area contributed by atoms with Gasteiger partial charge < -0.3 is 15.2 Å². The molecule has 0 fully saturated rings. The quantitative estimate of drug-likeness (QED) is 0.862. The van der Waals surface area contributed by atoms with Crippen LogP contribution in [0.3, 0.4) is 0 Å². The van der Waals surface area contributed by atoms with Crippen molar-refractivity contribution in [2.45, 2.75) is 26.4 Å². The standard InChI is InChI=1S/C18H21NO3/c1-3-22-17-12-15(10-9-13(17)2)19-18(21)16(20)11-14-7-5-4-6-8-14/h4-10,12,16,20H,3,11H2,1-2H3,(H,19,21). The van der Waals surface area contributed by atoms with Crippen molar-refractivity contribution in [3.05, 3.63) is 59.7 Å². The van der Waals surface area contributed by atoms with Crippen molar-refractivity contribution < 1.29 is 14.6 Å². The van der Waals surface area contributed by atoms with E-state index in [0.717, 1.165) is 16.9 Å². The largest absolute Gasteiger partial charge is 0.494 e. The number of rotatable bonds is 6. The van der Waals surface area contributed by atoms with Crippen LogP contribution in [-0.2, 0) is 11.2 Å². The SMILES string of the molecule is CCOc1cc(NC(=O)C(O)Cc2ccccc2)ccc1C. The van der Waals surface area contributed by atoms with Crippen molar-refractivity contribution in [3.63, 3.8) is 0 Å². The lowest BCUT2D eigenvalue weighted by molar-refractivity contribution is -0.123. The van der Waals surface area contributed by atoms with Gasteiger partial charge in [0.05, 0.1) is 6.61 Å². The van der Waals surface area contributed by atoms with Crippen molar-refractivity contribution >= 4 is 11.6 Å². The lowest BCUT2D eigenvalue weighted by Gasteiger charge is -2.13. The Labute approximate surface area is 130 Å². The molecule has 1 amide bonds.